The Balaban J connectivity index is 4.18. The number of aromatic hydroxyl groups is 1. The summed E-state index contributed by atoms with van der Waals surface area (Å²) in [6, 6.07) is -0.808. The molecule has 6 nitrogen and oxygen atoms in total. The quantitative estimate of drug-likeness (QED) is 0.0971. The van der Waals surface area contributed by atoms with Crippen LogP contribution in [0.5, 0.6) is 5.75 Å². The van der Waals surface area contributed by atoms with Crippen LogP contribution in [0.25, 0.3) is 5.53 Å². The van der Waals surface area contributed by atoms with Gasteiger partial charge in [-0.15, -0.1) is 0 Å². The van der Waals surface area contributed by atoms with E-state index >= 15 is 0 Å². The number of hydrogen-bond acceptors (Lipinski definition) is 2. The van der Waals surface area contributed by atoms with E-state index in [0.717, 1.165) is 0 Å². The highest BCUT2D eigenvalue weighted by Crippen LogP contribution is 2.62. The summed E-state index contributed by atoms with van der Waals surface area (Å²) < 4.78 is 18.5. The van der Waals surface area contributed by atoms with Gasteiger partial charge in [0.05, 0.1) is 15.1 Å². The summed E-state index contributed by atoms with van der Waals surface area (Å²) in [5, 5.41) is 10.0. The summed E-state index contributed by atoms with van der Waals surface area (Å²) in [5.74, 6) is -0.552. The maximum absolute atomic E-state index is 15.0. The Morgan fingerprint density at radius 2 is 1.13 bits per heavy atom. The van der Waals surface area contributed by atoms with Crippen LogP contribution in [-0.4, -0.2) is 48.9 Å². The van der Waals surface area contributed by atoms with Gasteiger partial charge in [0.2, 0.25) is 0 Å². The second-order valence-corrected chi connectivity index (χ2v) is 12.0. The molecule has 0 bridgehead atoms. The topological polar surface area (TPSA) is 80.2 Å². The van der Waals surface area contributed by atoms with Crippen molar-refractivity contribution in [2.45, 2.75) is 79.6 Å². The number of phenols is 1. The molecule has 170 valence electrons. The highest BCUT2D eigenvalue weighted by molar-refractivity contribution is 7.77. The average Bonchev–Trinajstić information content (AvgIpc) is 2.60. The lowest BCUT2D eigenvalue weighted by Crippen LogP contribution is -2.47. The van der Waals surface area contributed by atoms with Gasteiger partial charge in [-0.1, -0.05) is 46.4 Å². The molecule has 1 N–H and O–H groups in total. The van der Waals surface area contributed by atoms with E-state index in [9.17, 15) is 15.2 Å². The molecule has 0 amide bonds. The van der Waals surface area contributed by atoms with Gasteiger partial charge in [0.25, 0.3) is 0 Å². The minimum atomic E-state index is -3.84. The van der Waals surface area contributed by atoms with Crippen molar-refractivity contribution in [1.82, 2.24) is 9.34 Å². The molecule has 0 aliphatic heterocycles. The van der Waals surface area contributed by atoms with E-state index in [-0.39, 0.29) is 55.3 Å². The van der Waals surface area contributed by atoms with Gasteiger partial charge in [0, 0.05) is 24.2 Å². The monoisotopic (exact) mass is 516 g/mol. The molecular formula is C19H29Cl4N4O2P. The lowest BCUT2D eigenvalue weighted by molar-refractivity contribution is -0.00171. The molecule has 1 rings (SSSR count). The molecule has 0 heterocycles. The standard InChI is InChI=1S/C19H29Cl4N4O2P/c1-9(2)26(10(3)4)30(29,27(11(5)6)12(7)8)19(25-24)13-14(20)15(21)16(22)17(23)18(13)28/h9-12,28H,1-8H3. The first kappa shape index (κ1) is 27.7. The average molecular weight is 518 g/mol. The fraction of sp³-hybridized carbons (Fsp3) is 0.632. The second-order valence-electron chi connectivity index (χ2n) is 8.08. The maximum Gasteiger partial charge on any atom is 0.389 e. The SMILES string of the molecule is CC(C)N(C(C)C)P(=O)(C(=[N+]=[N-])c1c(O)c(Cl)c(Cl)c(Cl)c1Cl)N(C(C)C)C(C)C. The molecule has 0 fully saturated rings. The van der Waals surface area contributed by atoms with E-state index in [1.165, 1.54) is 0 Å². The van der Waals surface area contributed by atoms with Crippen molar-refractivity contribution in [3.63, 3.8) is 0 Å². The molecule has 0 unspecified atom stereocenters. The van der Waals surface area contributed by atoms with Crippen molar-refractivity contribution in [2.75, 3.05) is 0 Å². The van der Waals surface area contributed by atoms with Crippen molar-refractivity contribution in [2.24, 2.45) is 0 Å². The van der Waals surface area contributed by atoms with Gasteiger partial charge in [0.15, 0.2) is 5.75 Å². The molecule has 30 heavy (non-hydrogen) atoms. The lowest BCUT2D eigenvalue weighted by Gasteiger charge is -2.44. The zero-order valence-electron chi connectivity index (χ0n) is 18.4. The van der Waals surface area contributed by atoms with Gasteiger partial charge in [-0.2, -0.15) is 4.79 Å². The predicted octanol–water partition coefficient (Wildman–Crippen LogP) is 7.41. The summed E-state index contributed by atoms with van der Waals surface area (Å²) in [6.45, 7) is 15.1. The molecule has 1 aromatic carbocycles. The Hall–Kier alpha value is -0.290. The smallest absolute Gasteiger partial charge is 0.389 e. The van der Waals surface area contributed by atoms with E-state index in [2.05, 4.69) is 4.79 Å². The molecule has 0 aliphatic rings. The van der Waals surface area contributed by atoms with Crippen LogP contribution in [-0.2, 0) is 4.57 Å². The van der Waals surface area contributed by atoms with E-state index in [1.807, 2.05) is 55.4 Å². The molecule has 0 aromatic heterocycles. The minimum absolute atomic E-state index is 0.134. The van der Waals surface area contributed by atoms with Crippen molar-refractivity contribution >= 4 is 59.3 Å². The van der Waals surface area contributed by atoms with E-state index in [1.54, 1.807) is 9.34 Å². The Labute approximate surface area is 199 Å². The molecule has 0 saturated heterocycles. The zero-order valence-corrected chi connectivity index (χ0v) is 22.3. The van der Waals surface area contributed by atoms with Crippen LogP contribution in [0.3, 0.4) is 0 Å². The van der Waals surface area contributed by atoms with Gasteiger partial charge in [-0.3, -0.25) is 4.57 Å². The summed E-state index contributed by atoms with van der Waals surface area (Å²) in [6.07, 6.45) is 0. The fourth-order valence-corrected chi connectivity index (χ4v) is 8.66. The number of rotatable bonds is 8. The number of phenolic OH excluding ortho intramolecular Hbond substituents is 1. The van der Waals surface area contributed by atoms with E-state index in [0.29, 0.717) is 0 Å². The third-order valence-electron chi connectivity index (χ3n) is 4.58. The summed E-state index contributed by atoms with van der Waals surface area (Å²) >= 11 is 24.8. The van der Waals surface area contributed by atoms with Crippen molar-refractivity contribution in [3.8, 4) is 5.75 Å². The Bertz CT molecular complexity index is 830. The normalized spacial score (nSPS) is 12.7. The molecule has 0 atom stereocenters. The number of benzene rings is 1. The van der Waals surface area contributed by atoms with Crippen LogP contribution >= 0.6 is 53.8 Å². The first-order valence-electron chi connectivity index (χ1n) is 9.61. The van der Waals surface area contributed by atoms with Gasteiger partial charge in [-0.25, -0.2) is 9.34 Å². The number of hydrogen-bond donors (Lipinski definition) is 1. The van der Waals surface area contributed by atoms with Gasteiger partial charge >= 0.3 is 12.9 Å². The Morgan fingerprint density at radius 1 is 0.800 bits per heavy atom. The molecule has 0 saturated carbocycles. The van der Waals surface area contributed by atoms with Crippen LogP contribution in [0, 0.1) is 0 Å². The van der Waals surface area contributed by atoms with Crippen molar-refractivity contribution in [1.29, 1.82) is 0 Å². The highest BCUT2D eigenvalue weighted by atomic mass is 35.5. The summed E-state index contributed by atoms with van der Waals surface area (Å²) in [5.41, 5.74) is 9.59. The molecule has 11 heteroatoms. The molecule has 0 aliphatic carbocycles. The minimum Gasteiger partial charge on any atom is -0.505 e. The lowest BCUT2D eigenvalue weighted by atomic mass is 10.2. The predicted molar refractivity (Wildman–Crippen MR) is 128 cm³/mol. The molecule has 0 radical (unpaired) electrons. The van der Waals surface area contributed by atoms with Crippen molar-refractivity contribution in [3.05, 3.63) is 31.2 Å². The molecule has 0 spiro atoms. The highest BCUT2D eigenvalue weighted by Gasteiger charge is 2.54. The van der Waals surface area contributed by atoms with Crippen LogP contribution in [0.2, 0.25) is 20.1 Å². The van der Waals surface area contributed by atoms with Crippen LogP contribution < -0.4 is 0 Å². The van der Waals surface area contributed by atoms with Gasteiger partial charge < -0.3 is 10.6 Å². The first-order valence-corrected chi connectivity index (χ1v) is 12.7. The number of halogens is 4. The van der Waals surface area contributed by atoms with E-state index < -0.39 is 13.2 Å². The molecule has 1 aromatic rings. The largest absolute Gasteiger partial charge is 0.505 e. The third kappa shape index (κ3) is 4.87. The third-order valence-corrected chi connectivity index (χ3v) is 10.3. The number of nitrogens with zero attached hydrogens (tertiary/aromatic N) is 4. The summed E-state index contributed by atoms with van der Waals surface area (Å²) in [4.78, 5) is 3.40. The van der Waals surface area contributed by atoms with Gasteiger partial charge in [-0.05, 0) is 55.4 Å². The van der Waals surface area contributed by atoms with E-state index in [4.69, 9.17) is 46.4 Å². The van der Waals surface area contributed by atoms with Gasteiger partial charge in [0.1, 0.15) is 10.6 Å². The molecular weight excluding hydrogens is 489 g/mol. The van der Waals surface area contributed by atoms with Crippen LogP contribution in [0.15, 0.2) is 0 Å². The van der Waals surface area contributed by atoms with Crippen molar-refractivity contribution < 1.29 is 14.5 Å². The first-order chi connectivity index (χ1) is 13.7. The summed E-state index contributed by atoms with van der Waals surface area (Å²) in [7, 11) is -3.84. The van der Waals surface area contributed by atoms with Crippen LogP contribution in [0.4, 0.5) is 0 Å². The van der Waals surface area contributed by atoms with Crippen LogP contribution in [0.1, 0.15) is 61.0 Å². The zero-order chi connectivity index (χ0) is 23.7. The maximum atomic E-state index is 15.0. The fourth-order valence-electron chi connectivity index (χ4n) is 3.86. The Kier molecular flexibility index (Phi) is 9.76. The Morgan fingerprint density at radius 3 is 1.43 bits per heavy atom. The second kappa shape index (κ2) is 10.6.